The molecule has 0 unspecified atom stereocenters. The first kappa shape index (κ1) is 14.8. The Morgan fingerprint density at radius 3 is 2.87 bits per heavy atom. The van der Waals surface area contributed by atoms with E-state index in [0.717, 1.165) is 17.1 Å². The lowest BCUT2D eigenvalue weighted by Crippen LogP contribution is -2.36. The first-order valence-electron chi connectivity index (χ1n) is 7.27. The minimum Gasteiger partial charge on any atom is -0.467 e. The smallest absolute Gasteiger partial charge is 0.191 e. The highest BCUT2D eigenvalue weighted by Gasteiger charge is 2.03. The fraction of sp³-hybridized carbons (Fsp3) is 0.188. The first-order valence-corrected chi connectivity index (χ1v) is 7.27. The van der Waals surface area contributed by atoms with Crippen molar-refractivity contribution in [3.05, 3.63) is 66.5 Å². The van der Waals surface area contributed by atoms with Crippen molar-refractivity contribution in [3.63, 3.8) is 0 Å². The van der Waals surface area contributed by atoms with Crippen LogP contribution < -0.4 is 10.6 Å². The maximum atomic E-state index is 5.29. The number of aromatic nitrogens is 3. The summed E-state index contributed by atoms with van der Waals surface area (Å²) >= 11 is 0. The van der Waals surface area contributed by atoms with Gasteiger partial charge in [-0.25, -0.2) is 9.67 Å². The van der Waals surface area contributed by atoms with E-state index in [2.05, 4.69) is 25.7 Å². The van der Waals surface area contributed by atoms with Crippen LogP contribution in [0.5, 0.6) is 0 Å². The maximum absolute atomic E-state index is 5.29. The highest BCUT2D eigenvalue weighted by molar-refractivity contribution is 5.79. The summed E-state index contributed by atoms with van der Waals surface area (Å²) in [6, 6.07) is 9.59. The quantitative estimate of drug-likeness (QED) is 0.554. The molecule has 0 saturated carbocycles. The van der Waals surface area contributed by atoms with Crippen molar-refractivity contribution in [2.75, 3.05) is 7.05 Å². The number of hydrogen-bond donors (Lipinski definition) is 2. The monoisotopic (exact) mass is 310 g/mol. The lowest BCUT2D eigenvalue weighted by atomic mass is 10.2. The Balaban J connectivity index is 1.57. The van der Waals surface area contributed by atoms with Crippen molar-refractivity contribution in [1.82, 2.24) is 25.4 Å². The maximum Gasteiger partial charge on any atom is 0.191 e. The van der Waals surface area contributed by atoms with Gasteiger partial charge in [0.05, 0.1) is 12.8 Å². The second-order valence-electron chi connectivity index (χ2n) is 4.83. The Morgan fingerprint density at radius 2 is 2.13 bits per heavy atom. The molecule has 0 atom stereocenters. The Morgan fingerprint density at radius 1 is 1.22 bits per heavy atom. The van der Waals surface area contributed by atoms with Gasteiger partial charge in [0.25, 0.3) is 0 Å². The van der Waals surface area contributed by atoms with E-state index < -0.39 is 0 Å². The van der Waals surface area contributed by atoms with E-state index >= 15 is 0 Å². The molecule has 0 fully saturated rings. The molecule has 3 aromatic heterocycles. The Bertz CT molecular complexity index is 749. The van der Waals surface area contributed by atoms with Crippen LogP contribution in [0.2, 0.25) is 0 Å². The summed E-state index contributed by atoms with van der Waals surface area (Å²) in [6.45, 7) is 1.22. The van der Waals surface area contributed by atoms with E-state index in [9.17, 15) is 0 Å². The summed E-state index contributed by atoms with van der Waals surface area (Å²) in [5.41, 5.74) is 1.09. The fourth-order valence-electron chi connectivity index (χ4n) is 2.09. The number of nitrogens with zero attached hydrogens (tertiary/aromatic N) is 4. The van der Waals surface area contributed by atoms with E-state index in [1.54, 1.807) is 30.4 Å². The zero-order valence-corrected chi connectivity index (χ0v) is 12.8. The highest BCUT2D eigenvalue weighted by atomic mass is 16.3. The molecule has 0 bridgehead atoms. The molecule has 3 aromatic rings. The lowest BCUT2D eigenvalue weighted by molar-refractivity contribution is 0.501. The van der Waals surface area contributed by atoms with Gasteiger partial charge in [0.15, 0.2) is 11.8 Å². The summed E-state index contributed by atoms with van der Waals surface area (Å²) in [6.07, 6.45) is 7.02. The van der Waals surface area contributed by atoms with Crippen LogP contribution in [0.4, 0.5) is 0 Å². The number of nitrogens with one attached hydrogen (secondary N) is 2. The van der Waals surface area contributed by atoms with Crippen molar-refractivity contribution >= 4 is 5.96 Å². The van der Waals surface area contributed by atoms with Gasteiger partial charge in [0.2, 0.25) is 0 Å². The predicted molar refractivity (Wildman–Crippen MR) is 87.1 cm³/mol. The van der Waals surface area contributed by atoms with Crippen LogP contribution in [-0.2, 0) is 13.1 Å². The minimum atomic E-state index is 0.585. The molecule has 23 heavy (non-hydrogen) atoms. The third kappa shape index (κ3) is 3.97. The van der Waals surface area contributed by atoms with Gasteiger partial charge in [-0.05, 0) is 35.9 Å². The molecular formula is C16H18N6O. The highest BCUT2D eigenvalue weighted by Crippen LogP contribution is 2.06. The first-order chi connectivity index (χ1) is 11.3. The molecule has 7 nitrogen and oxygen atoms in total. The van der Waals surface area contributed by atoms with Gasteiger partial charge < -0.3 is 15.1 Å². The molecule has 0 spiro atoms. The number of hydrogen-bond acceptors (Lipinski definition) is 4. The van der Waals surface area contributed by atoms with Crippen LogP contribution in [0.1, 0.15) is 11.3 Å². The van der Waals surface area contributed by atoms with Gasteiger partial charge in [-0.1, -0.05) is 0 Å². The molecule has 7 heteroatoms. The van der Waals surface area contributed by atoms with E-state index in [4.69, 9.17) is 4.42 Å². The van der Waals surface area contributed by atoms with Gasteiger partial charge >= 0.3 is 0 Å². The summed E-state index contributed by atoms with van der Waals surface area (Å²) < 4.78 is 7.01. The Hall–Kier alpha value is -3.09. The predicted octanol–water partition coefficient (Wildman–Crippen LogP) is 1.73. The summed E-state index contributed by atoms with van der Waals surface area (Å²) in [7, 11) is 1.74. The van der Waals surface area contributed by atoms with E-state index in [0.29, 0.717) is 19.0 Å². The molecule has 0 aliphatic carbocycles. The lowest BCUT2D eigenvalue weighted by Gasteiger charge is -2.11. The average molecular weight is 310 g/mol. The molecule has 0 aliphatic rings. The zero-order chi connectivity index (χ0) is 15.9. The number of aliphatic imine (C=N–C) groups is 1. The molecule has 2 N–H and O–H groups in total. The second kappa shape index (κ2) is 7.26. The standard InChI is InChI=1S/C16H18N6O/c1-17-16(20-12-14-4-2-9-23-14)19-11-13-5-7-18-15(10-13)22-8-3-6-21-22/h2-10H,11-12H2,1H3,(H2,17,19,20). The van der Waals surface area contributed by atoms with E-state index in [1.807, 2.05) is 36.5 Å². The molecule has 0 saturated heterocycles. The molecule has 0 aliphatic heterocycles. The van der Waals surface area contributed by atoms with Crippen LogP contribution in [0.3, 0.4) is 0 Å². The van der Waals surface area contributed by atoms with Crippen molar-refractivity contribution < 1.29 is 4.42 Å². The molecular weight excluding hydrogens is 292 g/mol. The van der Waals surface area contributed by atoms with Gasteiger partial charge in [-0.15, -0.1) is 0 Å². The topological polar surface area (TPSA) is 80.3 Å². The third-order valence-corrected chi connectivity index (χ3v) is 3.24. The van der Waals surface area contributed by atoms with Crippen LogP contribution >= 0.6 is 0 Å². The van der Waals surface area contributed by atoms with Crippen LogP contribution in [0.15, 0.2) is 64.6 Å². The normalized spacial score (nSPS) is 11.4. The number of furan rings is 1. The summed E-state index contributed by atoms with van der Waals surface area (Å²) in [4.78, 5) is 8.51. The van der Waals surface area contributed by atoms with Gasteiger partial charge in [-0.2, -0.15) is 5.10 Å². The molecule has 118 valence electrons. The number of pyridine rings is 1. The second-order valence-corrected chi connectivity index (χ2v) is 4.83. The van der Waals surface area contributed by atoms with E-state index in [1.165, 1.54) is 0 Å². The van der Waals surface area contributed by atoms with Gasteiger partial charge in [-0.3, -0.25) is 4.99 Å². The Labute approximate surface area is 134 Å². The zero-order valence-electron chi connectivity index (χ0n) is 12.8. The number of guanidine groups is 1. The largest absolute Gasteiger partial charge is 0.467 e. The SMILES string of the molecule is CN=C(NCc1ccnc(-n2cccn2)c1)NCc1ccco1. The van der Waals surface area contributed by atoms with Crippen molar-refractivity contribution in [3.8, 4) is 5.82 Å². The Kier molecular flexibility index (Phi) is 4.68. The molecule has 3 rings (SSSR count). The van der Waals surface area contributed by atoms with Crippen LogP contribution in [0.25, 0.3) is 5.82 Å². The van der Waals surface area contributed by atoms with Crippen LogP contribution in [-0.4, -0.2) is 27.8 Å². The number of rotatable bonds is 5. The van der Waals surface area contributed by atoms with Crippen molar-refractivity contribution in [2.45, 2.75) is 13.1 Å². The third-order valence-electron chi connectivity index (χ3n) is 3.24. The van der Waals surface area contributed by atoms with Crippen LogP contribution in [0, 0.1) is 0 Å². The minimum absolute atomic E-state index is 0.585. The molecule has 3 heterocycles. The summed E-state index contributed by atoms with van der Waals surface area (Å²) in [5, 5.41) is 10.6. The van der Waals surface area contributed by atoms with Crippen molar-refractivity contribution in [1.29, 1.82) is 0 Å². The van der Waals surface area contributed by atoms with Crippen molar-refractivity contribution in [2.24, 2.45) is 4.99 Å². The average Bonchev–Trinajstić information content (AvgIpc) is 3.29. The molecule has 0 aromatic carbocycles. The van der Waals surface area contributed by atoms with Gasteiger partial charge in [0, 0.05) is 32.2 Å². The molecule has 0 amide bonds. The van der Waals surface area contributed by atoms with Gasteiger partial charge in [0.1, 0.15) is 5.76 Å². The summed E-state index contributed by atoms with van der Waals surface area (Å²) in [5.74, 6) is 2.35. The fourth-order valence-corrected chi connectivity index (χ4v) is 2.09. The molecule has 0 radical (unpaired) electrons. The van der Waals surface area contributed by atoms with E-state index in [-0.39, 0.29) is 0 Å².